The molecule has 1 aromatic rings. The van der Waals surface area contributed by atoms with Crippen molar-refractivity contribution in [3.05, 3.63) is 24.3 Å². The third-order valence-electron chi connectivity index (χ3n) is 2.45. The molecule has 0 aromatic heterocycles. The second-order valence-electron chi connectivity index (χ2n) is 4.04. The monoisotopic (exact) mass is 224 g/mol. The molecule has 0 aliphatic heterocycles. The quantitative estimate of drug-likeness (QED) is 0.807. The van der Waals surface area contributed by atoms with Crippen molar-refractivity contribution in [2.75, 3.05) is 13.2 Å². The van der Waals surface area contributed by atoms with Gasteiger partial charge in [-0.05, 0) is 44.5 Å². The van der Waals surface area contributed by atoms with E-state index in [1.807, 2.05) is 38.1 Å². The molecule has 90 valence electrons. The van der Waals surface area contributed by atoms with Gasteiger partial charge < -0.3 is 14.6 Å². The number of ether oxygens (including phenoxy) is 2. The predicted molar refractivity (Wildman–Crippen MR) is 64.0 cm³/mol. The second-order valence-corrected chi connectivity index (χ2v) is 4.04. The van der Waals surface area contributed by atoms with Gasteiger partial charge in [0.15, 0.2) is 0 Å². The van der Waals surface area contributed by atoms with Crippen molar-refractivity contribution in [3.8, 4) is 11.5 Å². The van der Waals surface area contributed by atoms with E-state index in [9.17, 15) is 5.11 Å². The van der Waals surface area contributed by atoms with E-state index in [0.717, 1.165) is 11.5 Å². The maximum absolute atomic E-state index is 9.77. The smallest absolute Gasteiger partial charge is 0.119 e. The third kappa shape index (κ3) is 4.11. The number of hydrogen-bond acceptors (Lipinski definition) is 3. The van der Waals surface area contributed by atoms with Crippen molar-refractivity contribution in [2.24, 2.45) is 0 Å². The molecule has 1 N–H and O–H groups in total. The van der Waals surface area contributed by atoms with E-state index in [0.29, 0.717) is 19.6 Å². The first-order valence-corrected chi connectivity index (χ1v) is 5.65. The van der Waals surface area contributed by atoms with Crippen molar-refractivity contribution < 1.29 is 14.6 Å². The highest BCUT2D eigenvalue weighted by Gasteiger charge is 2.18. The Morgan fingerprint density at radius 1 is 1.06 bits per heavy atom. The molecule has 0 aliphatic carbocycles. The summed E-state index contributed by atoms with van der Waals surface area (Å²) in [5, 5.41) is 9.77. The largest absolute Gasteiger partial charge is 0.494 e. The lowest BCUT2D eigenvalue weighted by molar-refractivity contribution is 0.00846. The summed E-state index contributed by atoms with van der Waals surface area (Å²) in [6, 6.07) is 7.41. The van der Waals surface area contributed by atoms with Crippen LogP contribution in [0.25, 0.3) is 0 Å². The lowest BCUT2D eigenvalue weighted by Gasteiger charge is -2.21. The minimum atomic E-state index is -0.765. The van der Waals surface area contributed by atoms with Gasteiger partial charge in [-0.2, -0.15) is 0 Å². The molecule has 3 heteroatoms. The van der Waals surface area contributed by atoms with E-state index in [-0.39, 0.29) is 0 Å². The SMILES string of the molecule is CCOc1ccc(OCC(C)(O)CC)cc1. The van der Waals surface area contributed by atoms with Crippen molar-refractivity contribution in [1.82, 2.24) is 0 Å². The Kier molecular flexibility index (Phi) is 4.62. The summed E-state index contributed by atoms with van der Waals surface area (Å²) in [5.74, 6) is 1.58. The summed E-state index contributed by atoms with van der Waals surface area (Å²) in [5.41, 5.74) is -0.765. The first kappa shape index (κ1) is 12.8. The molecule has 0 saturated carbocycles. The Labute approximate surface area is 97.0 Å². The van der Waals surface area contributed by atoms with Crippen LogP contribution in [0.5, 0.6) is 11.5 Å². The Morgan fingerprint density at radius 3 is 2.00 bits per heavy atom. The molecule has 3 nitrogen and oxygen atoms in total. The standard InChI is InChI=1S/C13H20O3/c1-4-13(3,14)10-16-12-8-6-11(7-9-12)15-5-2/h6-9,14H,4-5,10H2,1-3H3. The topological polar surface area (TPSA) is 38.7 Å². The second kappa shape index (κ2) is 5.75. The van der Waals surface area contributed by atoms with E-state index < -0.39 is 5.60 Å². The van der Waals surface area contributed by atoms with E-state index in [4.69, 9.17) is 9.47 Å². The van der Waals surface area contributed by atoms with Gasteiger partial charge in [0.25, 0.3) is 0 Å². The van der Waals surface area contributed by atoms with Gasteiger partial charge in [-0.1, -0.05) is 6.92 Å². The van der Waals surface area contributed by atoms with Gasteiger partial charge in [-0.25, -0.2) is 0 Å². The van der Waals surface area contributed by atoms with Crippen LogP contribution < -0.4 is 9.47 Å². The molecule has 1 aromatic carbocycles. The molecule has 0 saturated heterocycles. The highest BCUT2D eigenvalue weighted by Crippen LogP contribution is 2.19. The molecule has 0 fully saturated rings. The van der Waals surface area contributed by atoms with Crippen molar-refractivity contribution in [2.45, 2.75) is 32.8 Å². The van der Waals surface area contributed by atoms with Gasteiger partial charge in [-0.15, -0.1) is 0 Å². The predicted octanol–water partition coefficient (Wildman–Crippen LogP) is 2.63. The van der Waals surface area contributed by atoms with Gasteiger partial charge in [0.1, 0.15) is 18.1 Å². The summed E-state index contributed by atoms with van der Waals surface area (Å²) >= 11 is 0. The highest BCUT2D eigenvalue weighted by molar-refractivity contribution is 5.31. The lowest BCUT2D eigenvalue weighted by atomic mass is 10.1. The zero-order valence-electron chi connectivity index (χ0n) is 10.2. The molecular weight excluding hydrogens is 204 g/mol. The molecule has 0 heterocycles. The zero-order valence-corrected chi connectivity index (χ0v) is 10.2. The minimum absolute atomic E-state index is 0.303. The van der Waals surface area contributed by atoms with Crippen LogP contribution in [0.1, 0.15) is 27.2 Å². The van der Waals surface area contributed by atoms with Crippen molar-refractivity contribution >= 4 is 0 Å². The van der Waals surface area contributed by atoms with E-state index in [2.05, 4.69) is 0 Å². The maximum Gasteiger partial charge on any atom is 0.119 e. The Bertz CT molecular complexity index is 303. The van der Waals surface area contributed by atoms with E-state index >= 15 is 0 Å². The number of hydrogen-bond donors (Lipinski definition) is 1. The third-order valence-corrected chi connectivity index (χ3v) is 2.45. The van der Waals surface area contributed by atoms with Gasteiger partial charge in [-0.3, -0.25) is 0 Å². The van der Waals surface area contributed by atoms with Gasteiger partial charge in [0, 0.05) is 0 Å². The van der Waals surface area contributed by atoms with Crippen LogP contribution in [-0.2, 0) is 0 Å². The fourth-order valence-electron chi connectivity index (χ4n) is 1.14. The summed E-state index contributed by atoms with van der Waals surface area (Å²) in [6.45, 7) is 6.61. The first-order valence-electron chi connectivity index (χ1n) is 5.65. The highest BCUT2D eigenvalue weighted by atomic mass is 16.5. The molecule has 0 radical (unpaired) electrons. The summed E-state index contributed by atoms with van der Waals surface area (Å²) in [7, 11) is 0. The molecule has 0 spiro atoms. The molecule has 0 bridgehead atoms. The molecule has 1 atom stereocenters. The maximum atomic E-state index is 9.77. The first-order chi connectivity index (χ1) is 7.57. The Morgan fingerprint density at radius 2 is 1.56 bits per heavy atom. The number of benzene rings is 1. The van der Waals surface area contributed by atoms with Crippen LogP contribution in [0.2, 0.25) is 0 Å². The van der Waals surface area contributed by atoms with Crippen LogP contribution in [0.3, 0.4) is 0 Å². The average molecular weight is 224 g/mol. The Balaban J connectivity index is 2.49. The fraction of sp³-hybridized carbons (Fsp3) is 0.538. The number of rotatable bonds is 6. The van der Waals surface area contributed by atoms with Gasteiger partial charge >= 0.3 is 0 Å². The van der Waals surface area contributed by atoms with Crippen LogP contribution >= 0.6 is 0 Å². The molecule has 1 rings (SSSR count). The molecule has 1 unspecified atom stereocenters. The number of aliphatic hydroxyl groups is 1. The zero-order chi connectivity index (χ0) is 12.0. The van der Waals surface area contributed by atoms with Crippen LogP contribution in [0.4, 0.5) is 0 Å². The summed E-state index contributed by atoms with van der Waals surface area (Å²) in [6.07, 6.45) is 0.671. The van der Waals surface area contributed by atoms with Gasteiger partial charge in [0.2, 0.25) is 0 Å². The molecular formula is C13H20O3. The van der Waals surface area contributed by atoms with Crippen LogP contribution in [-0.4, -0.2) is 23.9 Å². The van der Waals surface area contributed by atoms with Gasteiger partial charge in [0.05, 0.1) is 12.2 Å². The summed E-state index contributed by atoms with van der Waals surface area (Å²) < 4.78 is 10.8. The fourth-order valence-corrected chi connectivity index (χ4v) is 1.14. The van der Waals surface area contributed by atoms with E-state index in [1.54, 1.807) is 6.92 Å². The van der Waals surface area contributed by atoms with Crippen molar-refractivity contribution in [1.29, 1.82) is 0 Å². The molecule has 16 heavy (non-hydrogen) atoms. The lowest BCUT2D eigenvalue weighted by Crippen LogP contribution is -2.31. The van der Waals surface area contributed by atoms with Crippen LogP contribution in [0.15, 0.2) is 24.3 Å². The normalized spacial score (nSPS) is 14.2. The molecule has 0 amide bonds. The van der Waals surface area contributed by atoms with Crippen molar-refractivity contribution in [3.63, 3.8) is 0 Å². The Hall–Kier alpha value is -1.22. The summed E-state index contributed by atoms with van der Waals surface area (Å²) in [4.78, 5) is 0. The molecule has 0 aliphatic rings. The minimum Gasteiger partial charge on any atom is -0.494 e. The van der Waals surface area contributed by atoms with E-state index in [1.165, 1.54) is 0 Å². The van der Waals surface area contributed by atoms with Crippen LogP contribution in [0, 0.1) is 0 Å². The average Bonchev–Trinajstić information content (AvgIpc) is 2.29.